The number of rotatable bonds is 4. The summed E-state index contributed by atoms with van der Waals surface area (Å²) in [5.41, 5.74) is 1.24. The number of carboxylic acid groups (broad SMARTS) is 1. The van der Waals surface area contributed by atoms with E-state index in [9.17, 15) is 14.7 Å². The highest BCUT2D eigenvalue weighted by molar-refractivity contribution is 5.66. The van der Waals surface area contributed by atoms with Crippen molar-refractivity contribution in [1.29, 1.82) is 0 Å². The molecule has 0 spiro atoms. The van der Waals surface area contributed by atoms with E-state index < -0.39 is 6.09 Å². The summed E-state index contributed by atoms with van der Waals surface area (Å²) < 4.78 is 0. The third-order valence-electron chi connectivity index (χ3n) is 4.43. The number of nitrogens with zero attached hydrogens (tertiary/aromatic N) is 2. The van der Waals surface area contributed by atoms with Gasteiger partial charge < -0.3 is 14.8 Å². The van der Waals surface area contributed by atoms with Crippen LogP contribution < -0.4 is 0 Å². The molecule has 5 nitrogen and oxygen atoms in total. The monoisotopic (exact) mass is 318 g/mol. The van der Waals surface area contributed by atoms with E-state index in [2.05, 4.69) is 37.8 Å². The molecule has 1 aliphatic rings. The van der Waals surface area contributed by atoms with Crippen molar-refractivity contribution in [2.75, 3.05) is 19.6 Å². The molecule has 23 heavy (non-hydrogen) atoms. The SMILES string of the molecule is CC(C)(C)C(c1ccccc1)N1CCN(C(=O)O)[C@@H](CC=O)C1. The van der Waals surface area contributed by atoms with Crippen LogP contribution in [0, 0.1) is 5.41 Å². The Labute approximate surface area is 137 Å². The molecule has 1 fully saturated rings. The van der Waals surface area contributed by atoms with Gasteiger partial charge in [-0.3, -0.25) is 4.90 Å². The summed E-state index contributed by atoms with van der Waals surface area (Å²) in [5, 5.41) is 9.33. The van der Waals surface area contributed by atoms with E-state index in [4.69, 9.17) is 0 Å². The molecule has 1 amide bonds. The van der Waals surface area contributed by atoms with E-state index in [1.54, 1.807) is 0 Å². The van der Waals surface area contributed by atoms with Crippen molar-refractivity contribution in [3.05, 3.63) is 35.9 Å². The Morgan fingerprint density at radius 1 is 1.30 bits per heavy atom. The molecule has 1 saturated heterocycles. The maximum absolute atomic E-state index is 11.4. The van der Waals surface area contributed by atoms with Crippen LogP contribution in [0.4, 0.5) is 4.79 Å². The fraction of sp³-hybridized carbons (Fsp3) is 0.556. The van der Waals surface area contributed by atoms with E-state index in [0.29, 0.717) is 19.6 Å². The first kappa shape index (κ1) is 17.5. The molecular weight excluding hydrogens is 292 g/mol. The molecule has 2 atom stereocenters. The van der Waals surface area contributed by atoms with Gasteiger partial charge in [-0.15, -0.1) is 0 Å². The highest BCUT2D eigenvalue weighted by Crippen LogP contribution is 2.39. The molecule has 1 aromatic carbocycles. The van der Waals surface area contributed by atoms with Crippen LogP contribution in [0.25, 0.3) is 0 Å². The Morgan fingerprint density at radius 3 is 2.48 bits per heavy atom. The van der Waals surface area contributed by atoms with Crippen LogP contribution in [-0.2, 0) is 4.79 Å². The lowest BCUT2D eigenvalue weighted by atomic mass is 9.80. The Kier molecular flexibility index (Phi) is 5.42. The fourth-order valence-corrected chi connectivity index (χ4v) is 3.57. The normalized spacial score (nSPS) is 21.0. The Balaban J connectivity index is 2.27. The van der Waals surface area contributed by atoms with Gasteiger partial charge in [-0.25, -0.2) is 4.79 Å². The molecule has 1 N–H and O–H groups in total. The number of carbonyl (C=O) groups excluding carboxylic acids is 1. The molecule has 1 aliphatic heterocycles. The lowest BCUT2D eigenvalue weighted by Crippen LogP contribution is -2.57. The van der Waals surface area contributed by atoms with E-state index in [-0.39, 0.29) is 23.9 Å². The number of amides is 1. The third kappa shape index (κ3) is 4.10. The second-order valence-electron chi connectivity index (χ2n) is 7.21. The van der Waals surface area contributed by atoms with Crippen molar-refractivity contribution in [3.63, 3.8) is 0 Å². The van der Waals surface area contributed by atoms with Gasteiger partial charge in [0.1, 0.15) is 6.29 Å². The predicted molar refractivity (Wildman–Crippen MR) is 89.4 cm³/mol. The highest BCUT2D eigenvalue weighted by Gasteiger charge is 2.38. The van der Waals surface area contributed by atoms with Gasteiger partial charge in [0.2, 0.25) is 0 Å². The van der Waals surface area contributed by atoms with Gasteiger partial charge in [-0.2, -0.15) is 0 Å². The lowest BCUT2D eigenvalue weighted by molar-refractivity contribution is -0.109. The molecule has 0 aromatic heterocycles. The molecule has 126 valence electrons. The van der Waals surface area contributed by atoms with Gasteiger partial charge >= 0.3 is 6.09 Å². The van der Waals surface area contributed by atoms with Gasteiger partial charge in [-0.05, 0) is 11.0 Å². The molecular formula is C18H26N2O3. The van der Waals surface area contributed by atoms with Crippen molar-refractivity contribution >= 4 is 12.4 Å². The topological polar surface area (TPSA) is 60.9 Å². The highest BCUT2D eigenvalue weighted by atomic mass is 16.4. The quantitative estimate of drug-likeness (QED) is 0.867. The maximum Gasteiger partial charge on any atom is 0.407 e. The van der Waals surface area contributed by atoms with Gasteiger partial charge in [0, 0.05) is 32.1 Å². The van der Waals surface area contributed by atoms with Gasteiger partial charge in [0.15, 0.2) is 0 Å². The second-order valence-corrected chi connectivity index (χ2v) is 7.21. The molecule has 0 aliphatic carbocycles. The van der Waals surface area contributed by atoms with Gasteiger partial charge in [0.05, 0.1) is 6.04 Å². The molecule has 1 heterocycles. The molecule has 0 bridgehead atoms. The van der Waals surface area contributed by atoms with E-state index >= 15 is 0 Å². The smallest absolute Gasteiger partial charge is 0.407 e. The van der Waals surface area contributed by atoms with Crippen LogP contribution in [0.15, 0.2) is 30.3 Å². The molecule has 1 unspecified atom stereocenters. The van der Waals surface area contributed by atoms with Crippen LogP contribution in [0.2, 0.25) is 0 Å². The standard InChI is InChI=1S/C18H26N2O3/c1-18(2,3)16(14-7-5-4-6-8-14)19-10-11-20(17(22)23)15(13-19)9-12-21/h4-8,12,15-16H,9-11,13H2,1-3H3,(H,22,23)/t15-,16?/m0/s1. The summed E-state index contributed by atoms with van der Waals surface area (Å²) in [4.78, 5) is 26.0. The summed E-state index contributed by atoms with van der Waals surface area (Å²) in [6.07, 6.45) is 0.121. The molecule has 2 rings (SSSR count). The summed E-state index contributed by atoms with van der Waals surface area (Å²) in [6.45, 7) is 8.29. The van der Waals surface area contributed by atoms with Crippen LogP contribution >= 0.6 is 0 Å². The number of hydrogen-bond donors (Lipinski definition) is 1. The lowest BCUT2D eigenvalue weighted by Gasteiger charge is -2.47. The van der Waals surface area contributed by atoms with Crippen LogP contribution in [0.3, 0.4) is 0 Å². The average Bonchev–Trinajstić information content (AvgIpc) is 2.47. The number of hydrogen-bond acceptors (Lipinski definition) is 3. The second kappa shape index (κ2) is 7.13. The minimum absolute atomic E-state index is 0.0124. The predicted octanol–water partition coefficient (Wildman–Crippen LogP) is 3.03. The fourth-order valence-electron chi connectivity index (χ4n) is 3.57. The first-order valence-corrected chi connectivity index (χ1v) is 8.06. The molecule has 0 radical (unpaired) electrons. The molecule has 1 aromatic rings. The summed E-state index contributed by atoms with van der Waals surface area (Å²) in [6, 6.07) is 10.2. The zero-order valence-electron chi connectivity index (χ0n) is 14.1. The number of piperazine rings is 1. The summed E-state index contributed by atoms with van der Waals surface area (Å²) in [7, 11) is 0. The Bertz CT molecular complexity index is 539. The van der Waals surface area contributed by atoms with Gasteiger partial charge in [-0.1, -0.05) is 51.1 Å². The van der Waals surface area contributed by atoms with E-state index in [1.165, 1.54) is 10.5 Å². The number of benzene rings is 1. The summed E-state index contributed by atoms with van der Waals surface area (Å²) in [5.74, 6) is 0. The minimum Gasteiger partial charge on any atom is -0.465 e. The van der Waals surface area contributed by atoms with Crippen molar-refractivity contribution < 1.29 is 14.7 Å². The van der Waals surface area contributed by atoms with Crippen molar-refractivity contribution in [1.82, 2.24) is 9.80 Å². The Morgan fingerprint density at radius 2 is 1.96 bits per heavy atom. The zero-order chi connectivity index (χ0) is 17.0. The van der Waals surface area contributed by atoms with E-state index in [0.717, 1.165) is 6.29 Å². The maximum atomic E-state index is 11.4. The van der Waals surface area contributed by atoms with Crippen LogP contribution in [-0.4, -0.2) is 53.0 Å². The van der Waals surface area contributed by atoms with Gasteiger partial charge in [0.25, 0.3) is 0 Å². The van der Waals surface area contributed by atoms with Crippen LogP contribution in [0.5, 0.6) is 0 Å². The summed E-state index contributed by atoms with van der Waals surface area (Å²) >= 11 is 0. The Hall–Kier alpha value is -1.88. The van der Waals surface area contributed by atoms with Crippen LogP contribution in [0.1, 0.15) is 38.8 Å². The number of aldehydes is 1. The minimum atomic E-state index is -0.941. The molecule has 5 heteroatoms. The largest absolute Gasteiger partial charge is 0.465 e. The van der Waals surface area contributed by atoms with Crippen molar-refractivity contribution in [2.24, 2.45) is 5.41 Å². The molecule has 0 saturated carbocycles. The zero-order valence-corrected chi connectivity index (χ0v) is 14.1. The van der Waals surface area contributed by atoms with E-state index in [1.807, 2.05) is 18.2 Å². The number of carbonyl (C=O) groups is 2. The third-order valence-corrected chi connectivity index (χ3v) is 4.43. The van der Waals surface area contributed by atoms with Crippen molar-refractivity contribution in [3.8, 4) is 0 Å². The van der Waals surface area contributed by atoms with Crippen molar-refractivity contribution in [2.45, 2.75) is 39.3 Å². The first-order chi connectivity index (χ1) is 10.8. The average molecular weight is 318 g/mol. The first-order valence-electron chi connectivity index (χ1n) is 8.06.